The van der Waals surface area contributed by atoms with Crippen molar-refractivity contribution in [2.24, 2.45) is 0 Å². The maximum Gasteiger partial charge on any atom is 0.253 e. The number of carbonyl (C=O) groups is 10. The van der Waals surface area contributed by atoms with E-state index in [-0.39, 0.29) is 130 Å². The van der Waals surface area contributed by atoms with Crippen molar-refractivity contribution in [3.05, 3.63) is 0 Å². The van der Waals surface area contributed by atoms with Crippen molar-refractivity contribution >= 4 is 59.1 Å². The molecule has 0 aromatic carbocycles. The molecule has 546 valence electrons. The lowest BCUT2D eigenvalue weighted by atomic mass is 9.97. The standard InChI is InChI=1S/C58H102N10O27/c1-33(72)64-46-52(85)49(82)37(29-69)93-56(46)90-23-8-5-14-40(76)61-26-43(79)59-17-11-19-67(45(81)28-63-42(78)16-7-10-25-92-58-48(66-35(3)74)54(87)51(84)39(31-71)95-58)21-13-22-68(55(88)36(75)32-89-4)20-12-18-60-44(80)27-62-41(77)15-6-9-24-91-57-47(65-34(2)73)53(86)50(83)38(30-70)94-57/h36-39,46-54,56-58,69-71,75,82-87H,5-32H2,1-4H3,(H,59,79)(H,60,80)(H,61,76)(H,62,77)(H,63,78)(H,64,72)(H,65,73)(H,66,74)/t36?,37?,38?,39?,46?,47?,48?,49-,50-,51-,52?,53?,54?,56+,57+,58+/m0/s1. The first-order valence-corrected chi connectivity index (χ1v) is 31.9. The van der Waals surface area contributed by atoms with E-state index >= 15 is 0 Å². The highest BCUT2D eigenvalue weighted by molar-refractivity contribution is 5.86. The molecule has 3 fully saturated rings. The zero-order valence-electron chi connectivity index (χ0n) is 54.3. The van der Waals surface area contributed by atoms with Gasteiger partial charge in [-0.05, 0) is 57.8 Å². The molecule has 0 aliphatic carbocycles. The average molecular weight is 1370 g/mol. The Balaban J connectivity index is 1.51. The summed E-state index contributed by atoms with van der Waals surface area (Å²) in [6, 6.07) is -3.41. The maximum absolute atomic E-state index is 13.8. The number of amides is 10. The van der Waals surface area contributed by atoms with Gasteiger partial charge in [0.25, 0.3) is 5.91 Å². The van der Waals surface area contributed by atoms with Crippen LogP contribution in [0.15, 0.2) is 0 Å². The largest absolute Gasteiger partial charge is 0.394 e. The lowest BCUT2D eigenvalue weighted by Gasteiger charge is -2.42. The lowest BCUT2D eigenvalue weighted by molar-refractivity contribution is -0.270. The summed E-state index contributed by atoms with van der Waals surface area (Å²) in [6.07, 6.45) is -15.4. The molecular formula is C58H102N10O27. The second kappa shape index (κ2) is 45.5. The van der Waals surface area contributed by atoms with Crippen LogP contribution in [0, 0.1) is 0 Å². The van der Waals surface area contributed by atoms with E-state index < -0.39 is 183 Å². The third-order valence-corrected chi connectivity index (χ3v) is 15.3. The van der Waals surface area contributed by atoms with Gasteiger partial charge in [-0.3, -0.25) is 47.9 Å². The minimum atomic E-state index is -1.56. The Morgan fingerprint density at radius 3 is 1.08 bits per heavy atom. The minimum Gasteiger partial charge on any atom is -0.394 e. The van der Waals surface area contributed by atoms with Gasteiger partial charge < -0.3 is 137 Å². The van der Waals surface area contributed by atoms with Gasteiger partial charge in [0.1, 0.15) is 73.1 Å². The van der Waals surface area contributed by atoms with Gasteiger partial charge in [0.05, 0.1) is 46.1 Å². The highest BCUT2D eigenvalue weighted by Gasteiger charge is 2.48. The van der Waals surface area contributed by atoms with Crippen LogP contribution in [0.2, 0.25) is 0 Å². The first-order chi connectivity index (χ1) is 45.3. The molecule has 3 aliphatic heterocycles. The van der Waals surface area contributed by atoms with Crippen LogP contribution in [0.25, 0.3) is 0 Å². The summed E-state index contributed by atoms with van der Waals surface area (Å²) < 4.78 is 38.6. The van der Waals surface area contributed by atoms with Crippen molar-refractivity contribution in [1.82, 2.24) is 52.3 Å². The predicted molar refractivity (Wildman–Crippen MR) is 325 cm³/mol. The van der Waals surface area contributed by atoms with Crippen LogP contribution in [-0.2, 0) is 81.1 Å². The Bertz CT molecular complexity index is 2370. The van der Waals surface area contributed by atoms with Crippen LogP contribution in [0.3, 0.4) is 0 Å². The molecule has 3 rings (SSSR count). The van der Waals surface area contributed by atoms with Crippen LogP contribution in [0.1, 0.15) is 97.8 Å². The van der Waals surface area contributed by atoms with Gasteiger partial charge in [0, 0.05) is 106 Å². The fraction of sp³-hybridized carbons (Fsp3) is 0.828. The number of nitrogens with one attached hydrogen (secondary N) is 8. The molecule has 0 saturated carbocycles. The number of carbonyl (C=O) groups excluding carboxylic acids is 10. The van der Waals surface area contributed by atoms with E-state index in [0.29, 0.717) is 25.7 Å². The number of aliphatic hydroxyl groups excluding tert-OH is 10. The minimum absolute atomic E-state index is 0.00000694. The van der Waals surface area contributed by atoms with Gasteiger partial charge >= 0.3 is 0 Å². The van der Waals surface area contributed by atoms with Crippen molar-refractivity contribution in [3.8, 4) is 0 Å². The Morgan fingerprint density at radius 1 is 0.421 bits per heavy atom. The molecule has 16 atom stereocenters. The predicted octanol–water partition coefficient (Wildman–Crippen LogP) is -9.21. The van der Waals surface area contributed by atoms with Crippen LogP contribution in [0.5, 0.6) is 0 Å². The molecule has 0 aromatic rings. The van der Waals surface area contributed by atoms with Crippen molar-refractivity contribution in [1.29, 1.82) is 0 Å². The summed E-state index contributed by atoms with van der Waals surface area (Å²) in [6.45, 7) is 0.384. The summed E-state index contributed by atoms with van der Waals surface area (Å²) in [4.78, 5) is 129. The van der Waals surface area contributed by atoms with Crippen LogP contribution in [-0.4, -0.2) is 330 Å². The molecule has 0 aromatic heterocycles. The third kappa shape index (κ3) is 30.5. The van der Waals surface area contributed by atoms with Gasteiger partial charge in [-0.25, -0.2) is 0 Å². The number of aliphatic hydroxyl groups is 10. The Kier molecular flexibility index (Phi) is 39.9. The van der Waals surface area contributed by atoms with Crippen LogP contribution in [0.4, 0.5) is 0 Å². The number of ether oxygens (including phenoxy) is 7. The van der Waals surface area contributed by atoms with Crippen LogP contribution < -0.4 is 42.5 Å². The quantitative estimate of drug-likeness (QED) is 0.0252. The molecule has 37 nitrogen and oxygen atoms in total. The number of hydrogen-bond acceptors (Lipinski definition) is 27. The van der Waals surface area contributed by atoms with Crippen molar-refractivity contribution in [2.45, 2.75) is 196 Å². The summed E-state index contributed by atoms with van der Waals surface area (Å²) in [5.74, 6) is -5.29. The second-order valence-corrected chi connectivity index (χ2v) is 23.1. The third-order valence-electron chi connectivity index (χ3n) is 15.3. The molecule has 10 amide bonds. The second-order valence-electron chi connectivity index (χ2n) is 23.1. The number of unbranched alkanes of at least 4 members (excludes halogenated alkanes) is 3. The van der Waals surface area contributed by atoms with E-state index in [1.54, 1.807) is 0 Å². The monoisotopic (exact) mass is 1370 g/mol. The van der Waals surface area contributed by atoms with Crippen molar-refractivity contribution in [3.63, 3.8) is 0 Å². The average Bonchev–Trinajstić information content (AvgIpc) is 0.835. The molecule has 95 heavy (non-hydrogen) atoms. The maximum atomic E-state index is 13.8. The van der Waals surface area contributed by atoms with Gasteiger partial charge in [-0.1, -0.05) is 0 Å². The number of nitrogens with zero attached hydrogens (tertiary/aromatic N) is 2. The van der Waals surface area contributed by atoms with Crippen molar-refractivity contribution < 1.29 is 132 Å². The normalized spacial score (nSPS) is 26.0. The summed E-state index contributed by atoms with van der Waals surface area (Å²) in [5.41, 5.74) is 0. The number of rotatable bonds is 45. The number of hydrogen-bond donors (Lipinski definition) is 18. The highest BCUT2D eigenvalue weighted by atomic mass is 16.7. The molecule has 3 aliphatic rings. The van der Waals surface area contributed by atoms with Gasteiger partial charge in [0.15, 0.2) is 25.0 Å². The first kappa shape index (κ1) is 83.2. The molecule has 3 heterocycles. The Labute approximate surface area is 550 Å². The van der Waals surface area contributed by atoms with Crippen molar-refractivity contribution in [2.75, 3.05) is 112 Å². The van der Waals surface area contributed by atoms with E-state index in [2.05, 4.69) is 42.5 Å². The molecule has 3 saturated heterocycles. The first-order valence-electron chi connectivity index (χ1n) is 31.9. The van der Waals surface area contributed by atoms with E-state index in [1.807, 2.05) is 0 Å². The SMILES string of the molecule is COCC(O)C(=O)N(CCCNC(=O)CNC(=O)CCCCO[C@@H]1OC(CO)[C@H](O)C(O)C1NC(C)=O)CCCN(CCCNC(=O)CNC(=O)CCCCO[C@@H]1OC(CO)[C@H](O)C(O)C1NC(C)=O)C(=O)CNC(=O)CCCCO[C@@H]1OC(CO)[C@H](O)C(O)C1NC(C)=O. The highest BCUT2D eigenvalue weighted by Crippen LogP contribution is 2.25. The number of methoxy groups -OCH3 is 1. The fourth-order valence-electron chi connectivity index (χ4n) is 10.2. The zero-order chi connectivity index (χ0) is 70.6. The molecule has 0 bridgehead atoms. The lowest BCUT2D eigenvalue weighted by Crippen LogP contribution is -2.64. The van der Waals surface area contributed by atoms with Gasteiger partial charge in [0.2, 0.25) is 53.2 Å². The molecule has 37 heteroatoms. The molecule has 0 radical (unpaired) electrons. The topological polar surface area (TPSA) is 540 Å². The fourth-order valence-corrected chi connectivity index (χ4v) is 10.2. The Hall–Kier alpha value is -5.98. The molecule has 0 spiro atoms. The van der Waals surface area contributed by atoms with E-state index in [0.717, 1.165) is 0 Å². The van der Waals surface area contributed by atoms with Gasteiger partial charge in [-0.2, -0.15) is 0 Å². The summed E-state index contributed by atoms with van der Waals surface area (Å²) in [5, 5.41) is 122. The molecule has 10 unspecified atom stereocenters. The molecular weight excluding hydrogens is 1270 g/mol. The van der Waals surface area contributed by atoms with E-state index in [1.165, 1.54) is 37.7 Å². The van der Waals surface area contributed by atoms with E-state index in [4.69, 9.17) is 33.2 Å². The van der Waals surface area contributed by atoms with Crippen LogP contribution >= 0.6 is 0 Å². The molecule has 18 N–H and O–H groups in total. The van der Waals surface area contributed by atoms with Gasteiger partial charge in [-0.15, -0.1) is 0 Å². The zero-order valence-corrected chi connectivity index (χ0v) is 54.3. The van der Waals surface area contributed by atoms with E-state index in [9.17, 15) is 99.0 Å². The Morgan fingerprint density at radius 2 is 0.747 bits per heavy atom. The summed E-state index contributed by atoms with van der Waals surface area (Å²) >= 11 is 0. The smallest absolute Gasteiger partial charge is 0.253 e. The summed E-state index contributed by atoms with van der Waals surface area (Å²) in [7, 11) is 1.29.